The number of ether oxygens (including phenoxy) is 3. The van der Waals surface area contributed by atoms with Gasteiger partial charge in [0.1, 0.15) is 11.5 Å². The number of benzene rings is 2. The largest absolute Gasteiger partial charge is 0.494 e. The number of allylic oxidation sites excluding steroid dienone is 2. The number of hydrogen-bond donors (Lipinski definition) is 1. The number of carbonyl (C=O) groups excluding carboxylic acids is 2. The van der Waals surface area contributed by atoms with Gasteiger partial charge in [0.15, 0.2) is 5.78 Å². The average Bonchev–Trinajstić information content (AvgIpc) is 3.05. The maximum Gasteiger partial charge on any atom is 0.336 e. The highest BCUT2D eigenvalue weighted by Gasteiger charge is 2.43. The summed E-state index contributed by atoms with van der Waals surface area (Å²) < 4.78 is 16.7. The van der Waals surface area contributed by atoms with Gasteiger partial charge in [-0.3, -0.25) is 4.79 Å². The molecule has 0 radical (unpaired) electrons. The van der Waals surface area contributed by atoms with Crippen molar-refractivity contribution in [1.29, 1.82) is 0 Å². The number of Topliss-reactive ketones (excluding diaryl/α,β-unsaturated/α-hetero) is 1. The standard InChI is InChI=1S/C25H25NO5/c1-5-30-15-11-12-18(19(13-15)31-6-2)21-20(25(28)29-4)14(3)26-23-16-9-7-8-10-17(16)24(27)22(21)23/h7-13,21,26H,5-6H2,1-4H3. The van der Waals surface area contributed by atoms with Crippen molar-refractivity contribution in [1.82, 2.24) is 5.32 Å². The molecule has 2 aromatic carbocycles. The fourth-order valence-corrected chi connectivity index (χ4v) is 4.31. The van der Waals surface area contributed by atoms with Crippen LogP contribution in [-0.2, 0) is 9.53 Å². The molecule has 0 spiro atoms. The van der Waals surface area contributed by atoms with Gasteiger partial charge in [-0.05, 0) is 26.8 Å². The van der Waals surface area contributed by atoms with E-state index in [9.17, 15) is 9.59 Å². The number of carbonyl (C=O) groups is 2. The fraction of sp³-hybridized carbons (Fsp3) is 0.280. The first-order valence-corrected chi connectivity index (χ1v) is 10.4. The minimum Gasteiger partial charge on any atom is -0.494 e. The van der Waals surface area contributed by atoms with E-state index in [1.54, 1.807) is 6.07 Å². The van der Waals surface area contributed by atoms with Gasteiger partial charge in [-0.1, -0.05) is 30.3 Å². The summed E-state index contributed by atoms with van der Waals surface area (Å²) in [7, 11) is 1.34. The lowest BCUT2D eigenvalue weighted by Crippen LogP contribution is -2.29. The number of ketones is 1. The third-order valence-electron chi connectivity index (χ3n) is 5.56. The van der Waals surface area contributed by atoms with Gasteiger partial charge in [-0.2, -0.15) is 0 Å². The van der Waals surface area contributed by atoms with Crippen LogP contribution in [0.1, 0.15) is 48.2 Å². The van der Waals surface area contributed by atoms with Crippen molar-refractivity contribution in [3.8, 4) is 11.5 Å². The van der Waals surface area contributed by atoms with Gasteiger partial charge in [-0.25, -0.2) is 4.79 Å². The lowest BCUT2D eigenvalue weighted by molar-refractivity contribution is -0.136. The lowest BCUT2D eigenvalue weighted by atomic mass is 9.79. The van der Waals surface area contributed by atoms with Crippen LogP contribution in [0, 0.1) is 0 Å². The second kappa shape index (κ2) is 8.30. The summed E-state index contributed by atoms with van der Waals surface area (Å²) in [6.45, 7) is 6.58. The molecule has 160 valence electrons. The molecule has 0 bridgehead atoms. The molecule has 1 N–H and O–H groups in total. The van der Waals surface area contributed by atoms with Crippen molar-refractivity contribution in [2.75, 3.05) is 20.3 Å². The topological polar surface area (TPSA) is 73.9 Å². The van der Waals surface area contributed by atoms with Crippen molar-refractivity contribution < 1.29 is 23.8 Å². The second-order valence-corrected chi connectivity index (χ2v) is 7.32. The van der Waals surface area contributed by atoms with Crippen LogP contribution in [0.2, 0.25) is 0 Å². The summed E-state index contributed by atoms with van der Waals surface area (Å²) in [5, 5.41) is 3.29. The summed E-state index contributed by atoms with van der Waals surface area (Å²) in [6.07, 6.45) is 0. The van der Waals surface area contributed by atoms with Crippen LogP contribution in [0.4, 0.5) is 0 Å². The quantitative estimate of drug-likeness (QED) is 0.707. The number of dihydropyridines is 1. The third-order valence-corrected chi connectivity index (χ3v) is 5.56. The molecular formula is C25H25NO5. The zero-order chi connectivity index (χ0) is 22.1. The van der Waals surface area contributed by atoms with E-state index < -0.39 is 11.9 Å². The summed E-state index contributed by atoms with van der Waals surface area (Å²) in [6, 6.07) is 13.0. The van der Waals surface area contributed by atoms with Crippen molar-refractivity contribution in [2.45, 2.75) is 26.7 Å². The monoisotopic (exact) mass is 419 g/mol. The van der Waals surface area contributed by atoms with E-state index in [1.165, 1.54) is 7.11 Å². The van der Waals surface area contributed by atoms with E-state index in [1.807, 2.05) is 57.2 Å². The SMILES string of the molecule is CCOc1ccc(C2C(C(=O)OC)=C(C)NC3=C2C(=O)c2ccccc23)c(OCC)c1. The van der Waals surface area contributed by atoms with E-state index in [-0.39, 0.29) is 5.78 Å². The number of nitrogens with one attached hydrogen (secondary N) is 1. The Kier molecular flexibility index (Phi) is 5.55. The number of methoxy groups -OCH3 is 1. The van der Waals surface area contributed by atoms with Crippen LogP contribution in [0.15, 0.2) is 59.3 Å². The molecular weight excluding hydrogens is 394 g/mol. The van der Waals surface area contributed by atoms with Crippen LogP contribution in [-0.4, -0.2) is 32.1 Å². The van der Waals surface area contributed by atoms with Crippen molar-refractivity contribution >= 4 is 17.4 Å². The first-order valence-electron chi connectivity index (χ1n) is 10.4. The van der Waals surface area contributed by atoms with Gasteiger partial charge < -0.3 is 19.5 Å². The van der Waals surface area contributed by atoms with Gasteiger partial charge in [0.25, 0.3) is 0 Å². The molecule has 0 aromatic heterocycles. The second-order valence-electron chi connectivity index (χ2n) is 7.32. The van der Waals surface area contributed by atoms with Gasteiger partial charge >= 0.3 is 5.97 Å². The molecule has 0 fully saturated rings. The molecule has 1 unspecified atom stereocenters. The highest BCUT2D eigenvalue weighted by atomic mass is 16.5. The van der Waals surface area contributed by atoms with Crippen LogP contribution >= 0.6 is 0 Å². The van der Waals surface area contributed by atoms with Crippen molar-refractivity contribution in [2.24, 2.45) is 0 Å². The van der Waals surface area contributed by atoms with E-state index >= 15 is 0 Å². The van der Waals surface area contributed by atoms with Gasteiger partial charge in [-0.15, -0.1) is 0 Å². The van der Waals surface area contributed by atoms with E-state index in [4.69, 9.17) is 14.2 Å². The Bertz CT molecular complexity index is 1130. The Labute approximate surface area is 181 Å². The normalized spacial score (nSPS) is 17.2. The molecule has 1 heterocycles. The first-order chi connectivity index (χ1) is 15.0. The first kappa shape index (κ1) is 20.7. The number of rotatable bonds is 6. The molecule has 6 nitrogen and oxygen atoms in total. The zero-order valence-electron chi connectivity index (χ0n) is 18.1. The predicted molar refractivity (Wildman–Crippen MR) is 117 cm³/mol. The summed E-state index contributed by atoms with van der Waals surface area (Å²) in [5.41, 5.74) is 4.47. The number of esters is 1. The van der Waals surface area contributed by atoms with Crippen molar-refractivity contribution in [3.63, 3.8) is 0 Å². The van der Waals surface area contributed by atoms with Crippen LogP contribution in [0.25, 0.3) is 5.70 Å². The maximum absolute atomic E-state index is 13.5. The zero-order valence-corrected chi connectivity index (χ0v) is 18.1. The Hall–Kier alpha value is -3.54. The third kappa shape index (κ3) is 3.38. The summed E-state index contributed by atoms with van der Waals surface area (Å²) in [5.74, 6) is 0.0279. The molecule has 6 heteroatoms. The lowest BCUT2D eigenvalue weighted by Gasteiger charge is -2.30. The van der Waals surface area contributed by atoms with E-state index in [2.05, 4.69) is 5.32 Å². The fourth-order valence-electron chi connectivity index (χ4n) is 4.31. The Morgan fingerprint density at radius 1 is 1.03 bits per heavy atom. The molecule has 1 atom stereocenters. The maximum atomic E-state index is 13.5. The van der Waals surface area contributed by atoms with E-state index in [0.717, 1.165) is 16.8 Å². The van der Waals surface area contributed by atoms with Gasteiger partial charge in [0.2, 0.25) is 0 Å². The molecule has 2 aromatic rings. The molecule has 1 aliphatic carbocycles. The Morgan fingerprint density at radius 3 is 2.42 bits per heavy atom. The minimum absolute atomic E-state index is 0.103. The molecule has 4 rings (SSSR count). The molecule has 0 amide bonds. The molecule has 0 saturated heterocycles. The summed E-state index contributed by atoms with van der Waals surface area (Å²) >= 11 is 0. The van der Waals surface area contributed by atoms with Crippen LogP contribution in [0.5, 0.6) is 11.5 Å². The smallest absolute Gasteiger partial charge is 0.336 e. The number of hydrogen-bond acceptors (Lipinski definition) is 6. The number of fused-ring (bicyclic) bond motifs is 2. The van der Waals surface area contributed by atoms with Crippen molar-refractivity contribution in [3.05, 3.63) is 76.0 Å². The van der Waals surface area contributed by atoms with Crippen LogP contribution < -0.4 is 14.8 Å². The Morgan fingerprint density at radius 2 is 1.74 bits per heavy atom. The average molecular weight is 419 g/mol. The van der Waals surface area contributed by atoms with Gasteiger partial charge in [0, 0.05) is 34.0 Å². The molecule has 2 aliphatic rings. The molecule has 1 aliphatic heterocycles. The van der Waals surface area contributed by atoms with E-state index in [0.29, 0.717) is 47.1 Å². The predicted octanol–water partition coefficient (Wildman–Crippen LogP) is 4.23. The van der Waals surface area contributed by atoms with Crippen LogP contribution in [0.3, 0.4) is 0 Å². The highest BCUT2D eigenvalue weighted by Crippen LogP contribution is 2.49. The highest BCUT2D eigenvalue weighted by molar-refractivity contribution is 6.23. The summed E-state index contributed by atoms with van der Waals surface area (Å²) in [4.78, 5) is 26.3. The minimum atomic E-state index is -0.624. The van der Waals surface area contributed by atoms with Gasteiger partial charge in [0.05, 0.1) is 37.5 Å². The Balaban J connectivity index is 1.95. The molecule has 31 heavy (non-hydrogen) atoms. The molecule has 0 saturated carbocycles.